The molecule has 0 fully saturated rings. The summed E-state index contributed by atoms with van der Waals surface area (Å²) in [6.45, 7) is 5.32. The van der Waals surface area contributed by atoms with Crippen LogP contribution < -0.4 is 5.32 Å². The number of ether oxygens (including phenoxy) is 1. The Morgan fingerprint density at radius 1 is 1.30 bits per heavy atom. The Morgan fingerprint density at radius 3 is 2.70 bits per heavy atom. The third kappa shape index (κ3) is 4.85. The number of amides is 1. The molecule has 0 bridgehead atoms. The lowest BCUT2D eigenvalue weighted by molar-refractivity contribution is 0.0923. The normalized spacial score (nSPS) is 12.3. The quantitative estimate of drug-likeness (QED) is 0.751. The van der Waals surface area contributed by atoms with Crippen LogP contribution in [0.4, 0.5) is 0 Å². The van der Waals surface area contributed by atoms with Gasteiger partial charge in [0, 0.05) is 19.3 Å². The van der Waals surface area contributed by atoms with E-state index in [0.29, 0.717) is 24.5 Å². The Bertz CT molecular complexity index is 612. The van der Waals surface area contributed by atoms with Gasteiger partial charge in [-0.05, 0) is 29.7 Å². The SMILES string of the molecule is COCCCn1nnc(C(NC(=O)c2ccccc2)C(C)C)n1. The molecule has 124 valence electrons. The second-order valence-electron chi connectivity index (χ2n) is 5.65. The van der Waals surface area contributed by atoms with E-state index in [9.17, 15) is 4.79 Å². The lowest BCUT2D eigenvalue weighted by Gasteiger charge is -2.19. The molecule has 1 aromatic carbocycles. The maximum absolute atomic E-state index is 12.3. The number of hydrogen-bond donors (Lipinski definition) is 1. The molecule has 0 saturated heterocycles. The zero-order chi connectivity index (χ0) is 16.7. The van der Waals surface area contributed by atoms with Crippen LogP contribution >= 0.6 is 0 Å². The van der Waals surface area contributed by atoms with E-state index in [0.717, 1.165) is 6.42 Å². The van der Waals surface area contributed by atoms with Gasteiger partial charge in [-0.1, -0.05) is 32.0 Å². The van der Waals surface area contributed by atoms with Crippen LogP contribution in [0.1, 0.15) is 42.5 Å². The third-order valence-corrected chi connectivity index (χ3v) is 3.44. The van der Waals surface area contributed by atoms with E-state index in [1.54, 1.807) is 24.0 Å². The van der Waals surface area contributed by atoms with Crippen LogP contribution in [-0.4, -0.2) is 39.8 Å². The maximum atomic E-state index is 12.3. The van der Waals surface area contributed by atoms with E-state index in [4.69, 9.17) is 4.74 Å². The number of benzene rings is 1. The zero-order valence-electron chi connectivity index (χ0n) is 13.8. The van der Waals surface area contributed by atoms with E-state index in [2.05, 4.69) is 20.7 Å². The summed E-state index contributed by atoms with van der Waals surface area (Å²) in [5, 5.41) is 15.5. The number of aryl methyl sites for hydroxylation is 1. The Hall–Kier alpha value is -2.28. The molecule has 1 unspecified atom stereocenters. The maximum Gasteiger partial charge on any atom is 0.251 e. The fourth-order valence-corrected chi connectivity index (χ4v) is 2.17. The molecule has 0 aliphatic rings. The molecule has 23 heavy (non-hydrogen) atoms. The summed E-state index contributed by atoms with van der Waals surface area (Å²) in [5.74, 6) is 0.543. The minimum Gasteiger partial charge on any atom is -0.385 e. The third-order valence-electron chi connectivity index (χ3n) is 3.44. The van der Waals surface area contributed by atoms with E-state index in [-0.39, 0.29) is 17.9 Å². The Labute approximate surface area is 136 Å². The molecule has 0 aliphatic heterocycles. The molecule has 0 saturated carbocycles. The van der Waals surface area contributed by atoms with Gasteiger partial charge < -0.3 is 10.1 Å². The zero-order valence-corrected chi connectivity index (χ0v) is 13.8. The average molecular weight is 317 g/mol. The van der Waals surface area contributed by atoms with Gasteiger partial charge in [0.2, 0.25) is 0 Å². The van der Waals surface area contributed by atoms with Crippen molar-refractivity contribution in [2.45, 2.75) is 32.9 Å². The van der Waals surface area contributed by atoms with Crippen LogP contribution in [0.3, 0.4) is 0 Å². The summed E-state index contributed by atoms with van der Waals surface area (Å²) in [6.07, 6.45) is 0.815. The van der Waals surface area contributed by atoms with E-state index in [1.165, 1.54) is 0 Å². The summed E-state index contributed by atoms with van der Waals surface area (Å²) < 4.78 is 5.01. The van der Waals surface area contributed by atoms with Crippen LogP contribution in [0.2, 0.25) is 0 Å². The van der Waals surface area contributed by atoms with Gasteiger partial charge in [-0.2, -0.15) is 4.80 Å². The van der Waals surface area contributed by atoms with Crippen LogP contribution in [-0.2, 0) is 11.3 Å². The number of aromatic nitrogens is 4. The van der Waals surface area contributed by atoms with Gasteiger partial charge in [-0.25, -0.2) is 0 Å². The van der Waals surface area contributed by atoms with E-state index < -0.39 is 0 Å². The number of rotatable bonds is 8. The predicted molar refractivity (Wildman–Crippen MR) is 85.8 cm³/mol. The molecule has 1 heterocycles. The van der Waals surface area contributed by atoms with E-state index in [1.807, 2.05) is 32.0 Å². The van der Waals surface area contributed by atoms with E-state index >= 15 is 0 Å². The van der Waals surface area contributed by atoms with Gasteiger partial charge in [0.05, 0.1) is 12.6 Å². The van der Waals surface area contributed by atoms with Crippen LogP contribution in [0.25, 0.3) is 0 Å². The van der Waals surface area contributed by atoms with Crippen molar-refractivity contribution in [3.63, 3.8) is 0 Å². The fourth-order valence-electron chi connectivity index (χ4n) is 2.17. The average Bonchev–Trinajstić information content (AvgIpc) is 3.01. The van der Waals surface area contributed by atoms with Gasteiger partial charge in [0.15, 0.2) is 5.82 Å². The fraction of sp³-hybridized carbons (Fsp3) is 0.500. The molecule has 0 spiro atoms. The number of carbonyl (C=O) groups excluding carboxylic acids is 1. The number of methoxy groups -OCH3 is 1. The second-order valence-corrected chi connectivity index (χ2v) is 5.65. The summed E-state index contributed by atoms with van der Waals surface area (Å²) in [4.78, 5) is 13.9. The van der Waals surface area contributed by atoms with Crippen LogP contribution in [0, 0.1) is 5.92 Å². The van der Waals surface area contributed by atoms with Crippen molar-refractivity contribution in [3.05, 3.63) is 41.7 Å². The second kappa shape index (κ2) is 8.38. The molecule has 0 radical (unpaired) electrons. The van der Waals surface area contributed by atoms with Gasteiger partial charge >= 0.3 is 0 Å². The highest BCUT2D eigenvalue weighted by atomic mass is 16.5. The number of hydrogen-bond acceptors (Lipinski definition) is 5. The lowest BCUT2D eigenvalue weighted by Crippen LogP contribution is -2.32. The van der Waals surface area contributed by atoms with Gasteiger partial charge in [0.1, 0.15) is 0 Å². The number of carbonyl (C=O) groups is 1. The summed E-state index contributed by atoms with van der Waals surface area (Å²) in [6, 6.07) is 8.83. The lowest BCUT2D eigenvalue weighted by atomic mass is 10.0. The molecule has 2 rings (SSSR count). The molecular weight excluding hydrogens is 294 g/mol. The van der Waals surface area contributed by atoms with Crippen molar-refractivity contribution in [1.82, 2.24) is 25.5 Å². The first-order valence-electron chi connectivity index (χ1n) is 7.74. The number of nitrogens with one attached hydrogen (secondary N) is 1. The summed E-state index contributed by atoms with van der Waals surface area (Å²) in [7, 11) is 1.66. The van der Waals surface area contributed by atoms with Crippen LogP contribution in [0.5, 0.6) is 0 Å². The molecule has 7 nitrogen and oxygen atoms in total. The van der Waals surface area contributed by atoms with Gasteiger partial charge in [-0.3, -0.25) is 4.79 Å². The molecule has 0 aliphatic carbocycles. The van der Waals surface area contributed by atoms with Crippen molar-refractivity contribution in [2.24, 2.45) is 5.92 Å². The predicted octanol–water partition coefficient (Wildman–Crippen LogP) is 1.84. The smallest absolute Gasteiger partial charge is 0.251 e. The first-order valence-corrected chi connectivity index (χ1v) is 7.74. The first-order chi connectivity index (χ1) is 11.1. The van der Waals surface area contributed by atoms with Crippen molar-refractivity contribution in [2.75, 3.05) is 13.7 Å². The highest BCUT2D eigenvalue weighted by Gasteiger charge is 2.23. The molecule has 1 amide bonds. The van der Waals surface area contributed by atoms with Crippen LogP contribution in [0.15, 0.2) is 30.3 Å². The van der Waals surface area contributed by atoms with Gasteiger partial charge in [-0.15, -0.1) is 10.2 Å². The highest BCUT2D eigenvalue weighted by Crippen LogP contribution is 2.18. The van der Waals surface area contributed by atoms with Crippen molar-refractivity contribution in [1.29, 1.82) is 0 Å². The highest BCUT2D eigenvalue weighted by molar-refractivity contribution is 5.94. The molecule has 1 aromatic heterocycles. The first kappa shape index (κ1) is 17.1. The standard InChI is InChI=1S/C16H23N5O2/c1-12(2)14(17-16(22)13-8-5-4-6-9-13)15-18-20-21(19-15)10-7-11-23-3/h4-6,8-9,12,14H,7,10-11H2,1-3H3,(H,17,22). The minimum absolute atomic E-state index is 0.139. The Balaban J connectivity index is 2.05. The Kier molecular flexibility index (Phi) is 6.22. The molecule has 1 atom stereocenters. The van der Waals surface area contributed by atoms with Gasteiger partial charge in [0.25, 0.3) is 5.91 Å². The monoisotopic (exact) mass is 317 g/mol. The minimum atomic E-state index is -0.279. The summed E-state index contributed by atoms with van der Waals surface area (Å²) in [5.41, 5.74) is 0.616. The molecule has 1 N–H and O–H groups in total. The van der Waals surface area contributed by atoms with Crippen molar-refractivity contribution < 1.29 is 9.53 Å². The number of nitrogens with zero attached hydrogens (tertiary/aromatic N) is 4. The summed E-state index contributed by atoms with van der Waals surface area (Å²) >= 11 is 0. The molecule has 7 heteroatoms. The van der Waals surface area contributed by atoms with Crippen molar-refractivity contribution >= 4 is 5.91 Å². The number of tetrazole rings is 1. The largest absolute Gasteiger partial charge is 0.385 e. The van der Waals surface area contributed by atoms with Crippen molar-refractivity contribution in [3.8, 4) is 0 Å². The topological polar surface area (TPSA) is 81.9 Å². The molecular formula is C16H23N5O2. The Morgan fingerprint density at radius 2 is 2.04 bits per heavy atom. The molecule has 2 aromatic rings.